The largest absolute Gasteiger partial charge is 0.495 e. The molecule has 1 rings (SSSR count). The van der Waals surface area contributed by atoms with Gasteiger partial charge in [-0.05, 0) is 23.9 Å². The van der Waals surface area contributed by atoms with E-state index < -0.39 is 0 Å². The fourth-order valence-electron chi connectivity index (χ4n) is 1.02. The first-order valence-electron chi connectivity index (χ1n) is 4.61. The zero-order valence-corrected chi connectivity index (χ0v) is 9.70. The van der Waals surface area contributed by atoms with E-state index >= 15 is 0 Å². The number of hydrogen-bond donors (Lipinski definition) is 2. The Bertz CT molecular complexity index is 401. The molecule has 0 saturated heterocycles. The predicted octanol–water partition coefficient (Wildman–Crippen LogP) is 1.49. The van der Waals surface area contributed by atoms with Gasteiger partial charge < -0.3 is 10.5 Å². The topological polar surface area (TPSA) is 59.6 Å². The number of nitrogens with zero attached hydrogens (tertiary/aromatic N) is 1. The molecule has 0 spiro atoms. The van der Waals surface area contributed by atoms with Gasteiger partial charge in [0.25, 0.3) is 0 Å². The predicted molar refractivity (Wildman–Crippen MR) is 69.8 cm³/mol. The van der Waals surface area contributed by atoms with Gasteiger partial charge >= 0.3 is 0 Å². The fourth-order valence-corrected chi connectivity index (χ4v) is 1.07. The van der Waals surface area contributed by atoms with Crippen LogP contribution in [0.15, 0.2) is 41.2 Å². The Morgan fingerprint density at radius 3 is 2.69 bits per heavy atom. The Balaban J connectivity index is 2.71. The monoisotopic (exact) mass is 235 g/mol. The van der Waals surface area contributed by atoms with Gasteiger partial charge in [0.15, 0.2) is 5.11 Å². The van der Waals surface area contributed by atoms with Crippen molar-refractivity contribution in [3.8, 4) is 0 Å². The van der Waals surface area contributed by atoms with E-state index in [4.69, 9.17) is 10.5 Å². The summed E-state index contributed by atoms with van der Waals surface area (Å²) >= 11 is 4.61. The molecule has 0 radical (unpaired) electrons. The number of hydrazone groups is 1. The molecule has 84 valence electrons. The van der Waals surface area contributed by atoms with Crippen molar-refractivity contribution in [3.05, 3.63) is 41.7 Å². The average molecular weight is 235 g/mol. The maximum Gasteiger partial charge on any atom is 0.184 e. The van der Waals surface area contributed by atoms with Crippen LogP contribution >= 0.6 is 12.2 Å². The smallest absolute Gasteiger partial charge is 0.184 e. The van der Waals surface area contributed by atoms with Gasteiger partial charge in [-0.2, -0.15) is 5.10 Å². The molecule has 0 aliphatic rings. The van der Waals surface area contributed by atoms with E-state index in [-0.39, 0.29) is 5.11 Å². The van der Waals surface area contributed by atoms with E-state index in [9.17, 15) is 0 Å². The van der Waals surface area contributed by atoms with E-state index in [0.29, 0.717) is 5.76 Å². The lowest BCUT2D eigenvalue weighted by molar-refractivity contribution is 0.320. The number of nitrogens with one attached hydrogen (secondary N) is 1. The number of nitrogens with two attached hydrogens (primary N) is 1. The highest BCUT2D eigenvalue weighted by Crippen LogP contribution is 2.05. The van der Waals surface area contributed by atoms with E-state index in [1.807, 2.05) is 36.4 Å². The van der Waals surface area contributed by atoms with Crippen LogP contribution in [-0.4, -0.2) is 18.4 Å². The molecule has 0 amide bonds. The summed E-state index contributed by atoms with van der Waals surface area (Å²) in [7, 11) is 1.57. The quantitative estimate of drug-likeness (QED) is 0.359. The number of benzene rings is 1. The molecule has 0 heterocycles. The van der Waals surface area contributed by atoms with Crippen LogP contribution in [0.3, 0.4) is 0 Å². The fraction of sp³-hybridized carbons (Fsp3) is 0.0909. The van der Waals surface area contributed by atoms with Crippen molar-refractivity contribution in [1.29, 1.82) is 0 Å². The Kier molecular flexibility index (Phi) is 5.01. The second kappa shape index (κ2) is 6.58. The molecule has 0 aliphatic carbocycles. The van der Waals surface area contributed by atoms with Crippen LogP contribution in [0.25, 0.3) is 6.08 Å². The molecule has 0 aliphatic heterocycles. The van der Waals surface area contributed by atoms with Crippen LogP contribution in [0, 0.1) is 0 Å². The summed E-state index contributed by atoms with van der Waals surface area (Å²) in [5.74, 6) is 0.606. The first-order valence-corrected chi connectivity index (χ1v) is 5.02. The second-order valence-corrected chi connectivity index (χ2v) is 3.34. The van der Waals surface area contributed by atoms with Crippen LogP contribution in [0.4, 0.5) is 0 Å². The van der Waals surface area contributed by atoms with Crippen LogP contribution in [0.5, 0.6) is 0 Å². The molecule has 5 heteroatoms. The molecule has 4 nitrogen and oxygen atoms in total. The number of methoxy groups -OCH3 is 1. The molecule has 0 unspecified atom stereocenters. The van der Waals surface area contributed by atoms with Crippen molar-refractivity contribution >= 4 is 29.6 Å². The number of ether oxygens (including phenoxy) is 1. The molecule has 0 aromatic heterocycles. The first kappa shape index (κ1) is 12.2. The number of rotatable bonds is 4. The van der Waals surface area contributed by atoms with Crippen molar-refractivity contribution in [1.82, 2.24) is 5.43 Å². The Labute approximate surface area is 99.8 Å². The van der Waals surface area contributed by atoms with Gasteiger partial charge in [0, 0.05) is 0 Å². The van der Waals surface area contributed by atoms with Gasteiger partial charge in [-0.1, -0.05) is 30.3 Å². The van der Waals surface area contributed by atoms with Crippen LogP contribution in [-0.2, 0) is 4.74 Å². The lowest BCUT2D eigenvalue weighted by Crippen LogP contribution is -2.24. The summed E-state index contributed by atoms with van der Waals surface area (Å²) in [4.78, 5) is 0. The zero-order valence-electron chi connectivity index (χ0n) is 8.88. The zero-order chi connectivity index (χ0) is 11.8. The molecule has 0 atom stereocenters. The number of hydrogen-bond acceptors (Lipinski definition) is 3. The van der Waals surface area contributed by atoms with Crippen molar-refractivity contribution in [2.75, 3.05) is 7.11 Å². The van der Waals surface area contributed by atoms with Crippen molar-refractivity contribution in [2.45, 2.75) is 0 Å². The third-order valence-electron chi connectivity index (χ3n) is 1.71. The minimum Gasteiger partial charge on any atom is -0.495 e. The lowest BCUT2D eigenvalue weighted by atomic mass is 10.2. The minimum absolute atomic E-state index is 0.117. The van der Waals surface area contributed by atoms with Crippen LogP contribution < -0.4 is 11.2 Å². The van der Waals surface area contributed by atoms with Gasteiger partial charge in [0.2, 0.25) is 0 Å². The summed E-state index contributed by atoms with van der Waals surface area (Å²) in [6.45, 7) is 0. The van der Waals surface area contributed by atoms with Gasteiger partial charge in [0.1, 0.15) is 5.76 Å². The molecule has 1 aromatic carbocycles. The molecule has 0 saturated carbocycles. The highest BCUT2D eigenvalue weighted by atomic mass is 32.1. The van der Waals surface area contributed by atoms with Crippen molar-refractivity contribution in [2.24, 2.45) is 10.8 Å². The van der Waals surface area contributed by atoms with Gasteiger partial charge in [-0.3, -0.25) is 5.43 Å². The average Bonchev–Trinajstić information content (AvgIpc) is 2.28. The summed E-state index contributed by atoms with van der Waals surface area (Å²) in [5, 5.41) is 3.92. The standard InChI is InChI=1S/C11H13N3OS/c1-15-10(8-13-14-11(12)16)7-9-5-3-2-4-6-9/h2-8H,1H3,(H3,12,14,16)/b10-7-,13-8+. The Morgan fingerprint density at radius 1 is 1.44 bits per heavy atom. The van der Waals surface area contributed by atoms with E-state index in [0.717, 1.165) is 5.56 Å². The summed E-state index contributed by atoms with van der Waals surface area (Å²) in [6, 6.07) is 9.78. The highest BCUT2D eigenvalue weighted by Gasteiger charge is 1.92. The normalized spacial score (nSPS) is 11.4. The third kappa shape index (κ3) is 4.56. The SMILES string of the molecule is COC(=C\c1ccccc1)/C=N/NC(N)=S. The Hall–Kier alpha value is -1.88. The number of thiocarbonyl (C=S) groups is 1. The van der Waals surface area contributed by atoms with Crippen molar-refractivity contribution < 1.29 is 4.74 Å². The summed E-state index contributed by atoms with van der Waals surface area (Å²) < 4.78 is 5.12. The molecule has 0 bridgehead atoms. The highest BCUT2D eigenvalue weighted by molar-refractivity contribution is 7.80. The van der Waals surface area contributed by atoms with E-state index in [2.05, 4.69) is 22.7 Å². The molecule has 3 N–H and O–H groups in total. The molecule has 0 fully saturated rings. The van der Waals surface area contributed by atoms with Crippen LogP contribution in [0.2, 0.25) is 0 Å². The number of allylic oxidation sites excluding steroid dienone is 1. The van der Waals surface area contributed by atoms with Crippen molar-refractivity contribution in [3.63, 3.8) is 0 Å². The van der Waals surface area contributed by atoms with Gasteiger partial charge in [0.05, 0.1) is 13.3 Å². The third-order valence-corrected chi connectivity index (χ3v) is 1.80. The molecule has 1 aromatic rings. The van der Waals surface area contributed by atoms with Gasteiger partial charge in [-0.15, -0.1) is 0 Å². The molecule has 16 heavy (non-hydrogen) atoms. The Morgan fingerprint density at radius 2 is 2.12 bits per heavy atom. The second-order valence-electron chi connectivity index (χ2n) is 2.90. The lowest BCUT2D eigenvalue weighted by Gasteiger charge is -2.00. The summed E-state index contributed by atoms with van der Waals surface area (Å²) in [5.41, 5.74) is 8.70. The molecular formula is C11H13N3OS. The van der Waals surface area contributed by atoms with E-state index in [1.165, 1.54) is 6.21 Å². The first-order chi connectivity index (χ1) is 7.72. The van der Waals surface area contributed by atoms with Gasteiger partial charge in [-0.25, -0.2) is 0 Å². The van der Waals surface area contributed by atoms with Crippen LogP contribution in [0.1, 0.15) is 5.56 Å². The summed E-state index contributed by atoms with van der Waals surface area (Å²) in [6.07, 6.45) is 3.36. The maximum atomic E-state index is 5.22. The maximum absolute atomic E-state index is 5.22. The van der Waals surface area contributed by atoms with E-state index in [1.54, 1.807) is 7.11 Å². The molecular weight excluding hydrogens is 222 g/mol. The minimum atomic E-state index is 0.117.